The van der Waals surface area contributed by atoms with Gasteiger partial charge in [-0.25, -0.2) is 4.79 Å². The number of benzene rings is 2. The standard InChI is InChI=1S/C20H23N3O3.C2HF3O2/c1-23(2)20(25)15-10-8-14(9-11-15)18(24)7-4-12-26-17-6-3-5-16(13-17)19(21)22;3-2(4,5)1(6)7/h3,5-6,8-11,13H,4,7,12H2,1-2H3,(H3,21,22);(H,6,7). The Hall–Kier alpha value is -3.89. The summed E-state index contributed by atoms with van der Waals surface area (Å²) in [5.41, 5.74) is 7.19. The molecule has 8 nitrogen and oxygen atoms in total. The lowest BCUT2D eigenvalue weighted by molar-refractivity contribution is -0.192. The Morgan fingerprint density at radius 2 is 1.58 bits per heavy atom. The third kappa shape index (κ3) is 9.42. The number of carboxylic acid groups (broad SMARTS) is 1. The maximum Gasteiger partial charge on any atom is 0.490 e. The molecule has 33 heavy (non-hydrogen) atoms. The lowest BCUT2D eigenvalue weighted by Gasteiger charge is -2.10. The van der Waals surface area contributed by atoms with Crippen LogP contribution in [0.3, 0.4) is 0 Å². The Morgan fingerprint density at radius 1 is 1.03 bits per heavy atom. The van der Waals surface area contributed by atoms with Crippen molar-refractivity contribution in [2.45, 2.75) is 19.0 Å². The van der Waals surface area contributed by atoms with Gasteiger partial charge >= 0.3 is 12.1 Å². The number of carbonyl (C=O) groups is 3. The number of aliphatic carboxylic acids is 1. The predicted molar refractivity (Wildman–Crippen MR) is 115 cm³/mol. The summed E-state index contributed by atoms with van der Waals surface area (Å²) in [7, 11) is 3.38. The van der Waals surface area contributed by atoms with Crippen LogP contribution in [0.5, 0.6) is 5.75 Å². The summed E-state index contributed by atoms with van der Waals surface area (Å²) >= 11 is 0. The number of hydrogen-bond donors (Lipinski definition) is 3. The summed E-state index contributed by atoms with van der Waals surface area (Å²) in [6, 6.07) is 13.7. The van der Waals surface area contributed by atoms with Gasteiger partial charge in [0.25, 0.3) is 5.91 Å². The number of nitrogens with zero attached hydrogens (tertiary/aromatic N) is 1. The zero-order valence-corrected chi connectivity index (χ0v) is 18.0. The number of nitrogen functional groups attached to an aromatic ring is 1. The normalized spacial score (nSPS) is 10.5. The van der Waals surface area contributed by atoms with Crippen LogP contribution < -0.4 is 10.5 Å². The number of amides is 1. The minimum atomic E-state index is -5.08. The van der Waals surface area contributed by atoms with E-state index in [1.807, 2.05) is 0 Å². The van der Waals surface area contributed by atoms with Crippen molar-refractivity contribution in [3.05, 3.63) is 65.2 Å². The van der Waals surface area contributed by atoms with Crippen molar-refractivity contribution in [1.29, 1.82) is 5.41 Å². The van der Waals surface area contributed by atoms with Crippen molar-refractivity contribution in [1.82, 2.24) is 4.90 Å². The molecule has 0 bridgehead atoms. The summed E-state index contributed by atoms with van der Waals surface area (Å²) in [4.78, 5) is 34.5. The van der Waals surface area contributed by atoms with E-state index in [9.17, 15) is 22.8 Å². The minimum absolute atomic E-state index is 0.00920. The number of alkyl halides is 3. The van der Waals surface area contributed by atoms with E-state index >= 15 is 0 Å². The van der Waals surface area contributed by atoms with Gasteiger partial charge in [-0.2, -0.15) is 13.2 Å². The Balaban J connectivity index is 0.000000675. The predicted octanol–water partition coefficient (Wildman–Crippen LogP) is 3.35. The summed E-state index contributed by atoms with van der Waals surface area (Å²) in [6.07, 6.45) is -4.16. The SMILES string of the molecule is CN(C)C(=O)c1ccc(C(=O)CCCOc2cccc(C(=N)N)c2)cc1.O=C(O)C(F)(F)F. The van der Waals surface area contributed by atoms with Crippen molar-refractivity contribution in [2.75, 3.05) is 20.7 Å². The first-order valence-electron chi connectivity index (χ1n) is 9.55. The summed E-state index contributed by atoms with van der Waals surface area (Å²) in [5, 5.41) is 14.5. The smallest absolute Gasteiger partial charge is 0.490 e. The number of carboxylic acids is 1. The highest BCUT2D eigenvalue weighted by molar-refractivity contribution is 5.98. The van der Waals surface area contributed by atoms with E-state index in [0.29, 0.717) is 41.9 Å². The van der Waals surface area contributed by atoms with Crippen LogP contribution in [0.1, 0.15) is 39.1 Å². The first-order valence-corrected chi connectivity index (χ1v) is 9.55. The highest BCUT2D eigenvalue weighted by atomic mass is 19.4. The number of Topliss-reactive ketones (excluding diaryl/α,β-unsaturated/α-hetero) is 1. The van der Waals surface area contributed by atoms with Gasteiger partial charge in [0, 0.05) is 37.2 Å². The monoisotopic (exact) mass is 467 g/mol. The Kier molecular flexibility index (Phi) is 10.1. The van der Waals surface area contributed by atoms with E-state index in [4.69, 9.17) is 25.8 Å². The number of halogens is 3. The van der Waals surface area contributed by atoms with Gasteiger partial charge in [-0.3, -0.25) is 15.0 Å². The molecular formula is C22H24F3N3O5. The number of nitrogens with one attached hydrogen (secondary N) is 1. The zero-order valence-electron chi connectivity index (χ0n) is 18.0. The van der Waals surface area contributed by atoms with Crippen LogP contribution in [0, 0.1) is 5.41 Å². The van der Waals surface area contributed by atoms with E-state index in [-0.39, 0.29) is 17.5 Å². The molecule has 0 aliphatic rings. The van der Waals surface area contributed by atoms with E-state index in [1.165, 1.54) is 4.90 Å². The quantitative estimate of drug-likeness (QED) is 0.236. The fourth-order valence-electron chi connectivity index (χ4n) is 2.38. The van der Waals surface area contributed by atoms with Crippen molar-refractivity contribution < 1.29 is 37.4 Å². The molecule has 0 aromatic heterocycles. The molecule has 4 N–H and O–H groups in total. The topological polar surface area (TPSA) is 134 Å². The number of ether oxygens (including phenoxy) is 1. The van der Waals surface area contributed by atoms with Crippen LogP contribution in [0.4, 0.5) is 13.2 Å². The van der Waals surface area contributed by atoms with Gasteiger partial charge in [0.1, 0.15) is 11.6 Å². The number of hydrogen-bond acceptors (Lipinski definition) is 5. The molecule has 2 rings (SSSR count). The Morgan fingerprint density at radius 3 is 2.06 bits per heavy atom. The molecule has 2 aromatic carbocycles. The number of carbonyl (C=O) groups excluding carboxylic acids is 2. The lowest BCUT2D eigenvalue weighted by Crippen LogP contribution is -2.21. The Bertz CT molecular complexity index is 990. The van der Waals surface area contributed by atoms with Crippen LogP contribution in [0.15, 0.2) is 48.5 Å². The molecule has 0 heterocycles. The minimum Gasteiger partial charge on any atom is -0.494 e. The van der Waals surface area contributed by atoms with Crippen LogP contribution in [-0.2, 0) is 4.79 Å². The van der Waals surface area contributed by atoms with Gasteiger partial charge in [-0.05, 0) is 30.7 Å². The van der Waals surface area contributed by atoms with E-state index in [0.717, 1.165) is 0 Å². The second-order valence-corrected chi connectivity index (χ2v) is 6.90. The molecule has 0 saturated carbocycles. The molecule has 0 fully saturated rings. The molecule has 0 aliphatic heterocycles. The van der Waals surface area contributed by atoms with E-state index in [2.05, 4.69) is 0 Å². The van der Waals surface area contributed by atoms with Gasteiger partial charge in [-0.15, -0.1) is 0 Å². The van der Waals surface area contributed by atoms with Gasteiger partial charge < -0.3 is 20.5 Å². The molecule has 178 valence electrons. The second kappa shape index (κ2) is 12.2. The van der Waals surface area contributed by atoms with Gasteiger partial charge in [0.05, 0.1) is 6.61 Å². The summed E-state index contributed by atoms with van der Waals surface area (Å²) in [5.74, 6) is -2.23. The fraction of sp³-hybridized carbons (Fsp3) is 0.273. The van der Waals surface area contributed by atoms with E-state index < -0.39 is 12.1 Å². The Labute approximate surface area is 188 Å². The molecule has 11 heteroatoms. The molecule has 0 radical (unpaired) electrons. The van der Waals surface area contributed by atoms with Crippen molar-refractivity contribution in [3.63, 3.8) is 0 Å². The lowest BCUT2D eigenvalue weighted by atomic mass is 10.0. The average molecular weight is 467 g/mol. The molecule has 2 aromatic rings. The maximum atomic E-state index is 12.2. The first kappa shape index (κ1) is 27.1. The highest BCUT2D eigenvalue weighted by Crippen LogP contribution is 2.15. The van der Waals surface area contributed by atoms with Crippen molar-refractivity contribution in [3.8, 4) is 5.75 Å². The molecule has 0 unspecified atom stereocenters. The van der Waals surface area contributed by atoms with Crippen LogP contribution in [-0.4, -0.2) is 60.4 Å². The number of amidine groups is 1. The average Bonchev–Trinajstić information content (AvgIpc) is 2.76. The van der Waals surface area contributed by atoms with Gasteiger partial charge in [0.2, 0.25) is 0 Å². The molecular weight excluding hydrogens is 443 g/mol. The van der Waals surface area contributed by atoms with Crippen LogP contribution in [0.25, 0.3) is 0 Å². The van der Waals surface area contributed by atoms with Crippen molar-refractivity contribution >= 4 is 23.5 Å². The second-order valence-electron chi connectivity index (χ2n) is 6.90. The largest absolute Gasteiger partial charge is 0.494 e. The molecule has 1 amide bonds. The maximum absolute atomic E-state index is 12.2. The number of rotatable bonds is 8. The van der Waals surface area contributed by atoms with Crippen LogP contribution >= 0.6 is 0 Å². The fourth-order valence-corrected chi connectivity index (χ4v) is 2.38. The molecule has 0 saturated heterocycles. The summed E-state index contributed by atoms with van der Waals surface area (Å²) < 4.78 is 37.3. The highest BCUT2D eigenvalue weighted by Gasteiger charge is 2.38. The molecule has 0 aliphatic carbocycles. The third-order valence-corrected chi connectivity index (χ3v) is 4.06. The van der Waals surface area contributed by atoms with Crippen LogP contribution in [0.2, 0.25) is 0 Å². The summed E-state index contributed by atoms with van der Waals surface area (Å²) in [6.45, 7) is 0.393. The first-order chi connectivity index (χ1) is 15.3. The number of nitrogens with two attached hydrogens (primary N) is 1. The number of ketones is 1. The molecule has 0 atom stereocenters. The third-order valence-electron chi connectivity index (χ3n) is 4.06. The van der Waals surface area contributed by atoms with E-state index in [1.54, 1.807) is 62.6 Å². The molecule has 0 spiro atoms. The zero-order chi connectivity index (χ0) is 25.2. The van der Waals surface area contributed by atoms with Crippen molar-refractivity contribution in [2.24, 2.45) is 5.73 Å². The van der Waals surface area contributed by atoms with Gasteiger partial charge in [-0.1, -0.05) is 24.3 Å². The van der Waals surface area contributed by atoms with Gasteiger partial charge in [0.15, 0.2) is 5.78 Å².